The highest BCUT2D eigenvalue weighted by atomic mass is 35.5. The van der Waals surface area contributed by atoms with E-state index in [2.05, 4.69) is 0 Å². The van der Waals surface area contributed by atoms with Crippen LogP contribution < -0.4 is 15.2 Å². The second-order valence-corrected chi connectivity index (χ2v) is 5.80. The zero-order valence-corrected chi connectivity index (χ0v) is 15.7. The molecule has 1 unspecified atom stereocenters. The Labute approximate surface area is 154 Å². The molecule has 140 valence electrons. The van der Waals surface area contributed by atoms with E-state index in [0.717, 1.165) is 0 Å². The third-order valence-corrected chi connectivity index (χ3v) is 4.29. The first-order valence-electron chi connectivity index (χ1n) is 8.02. The Balaban J connectivity index is 0.00000312. The highest BCUT2D eigenvalue weighted by Crippen LogP contribution is 2.31. The van der Waals surface area contributed by atoms with Gasteiger partial charge in [-0.05, 0) is 12.1 Å². The molecule has 1 fully saturated rings. The molecule has 1 atom stereocenters. The topological polar surface area (TPSA) is 85.1 Å². The summed E-state index contributed by atoms with van der Waals surface area (Å²) in [6.45, 7) is 4.16. The lowest BCUT2D eigenvalue weighted by molar-refractivity contribution is -0.136. The van der Waals surface area contributed by atoms with Crippen molar-refractivity contribution in [2.45, 2.75) is 6.92 Å². The van der Waals surface area contributed by atoms with Crippen molar-refractivity contribution >= 4 is 24.2 Å². The Morgan fingerprint density at radius 3 is 2.24 bits per heavy atom. The van der Waals surface area contributed by atoms with Crippen molar-refractivity contribution in [1.82, 2.24) is 9.80 Å². The molecule has 2 amide bonds. The summed E-state index contributed by atoms with van der Waals surface area (Å²) in [7, 11) is 3.05. The van der Waals surface area contributed by atoms with E-state index in [1.165, 1.54) is 14.2 Å². The summed E-state index contributed by atoms with van der Waals surface area (Å²) in [5.41, 5.74) is 6.02. The van der Waals surface area contributed by atoms with E-state index in [-0.39, 0.29) is 30.1 Å². The number of nitrogens with two attached hydrogens (primary N) is 1. The van der Waals surface area contributed by atoms with Gasteiger partial charge in [-0.3, -0.25) is 9.59 Å². The smallest absolute Gasteiger partial charge is 0.257 e. The fraction of sp³-hybridized carbons (Fsp3) is 0.529. The minimum Gasteiger partial charge on any atom is -0.493 e. The van der Waals surface area contributed by atoms with Gasteiger partial charge in [-0.15, -0.1) is 12.4 Å². The van der Waals surface area contributed by atoms with Crippen LogP contribution in [0.5, 0.6) is 11.5 Å². The van der Waals surface area contributed by atoms with Crippen LogP contribution in [0.25, 0.3) is 0 Å². The highest BCUT2D eigenvalue weighted by molar-refractivity contribution is 5.98. The van der Waals surface area contributed by atoms with Crippen molar-refractivity contribution in [3.05, 3.63) is 23.8 Å². The second kappa shape index (κ2) is 9.48. The summed E-state index contributed by atoms with van der Waals surface area (Å²) in [5.74, 6) is 0.688. The average molecular weight is 372 g/mol. The molecule has 1 saturated heterocycles. The maximum absolute atomic E-state index is 12.8. The van der Waals surface area contributed by atoms with Gasteiger partial charge in [0.2, 0.25) is 5.91 Å². The summed E-state index contributed by atoms with van der Waals surface area (Å²) in [4.78, 5) is 28.4. The molecule has 1 aliphatic rings. The lowest BCUT2D eigenvalue weighted by atomic mass is 10.1. The number of hydrogen-bond acceptors (Lipinski definition) is 5. The molecule has 0 aromatic heterocycles. The molecule has 0 bridgehead atoms. The summed E-state index contributed by atoms with van der Waals surface area (Å²) < 4.78 is 10.6. The van der Waals surface area contributed by atoms with Crippen LogP contribution in [0.2, 0.25) is 0 Å². The predicted octanol–water partition coefficient (Wildman–Crippen LogP) is 1.00. The largest absolute Gasteiger partial charge is 0.493 e. The molecule has 8 heteroatoms. The van der Waals surface area contributed by atoms with Gasteiger partial charge in [0.05, 0.1) is 19.8 Å². The van der Waals surface area contributed by atoms with Crippen molar-refractivity contribution in [2.75, 3.05) is 46.9 Å². The fourth-order valence-corrected chi connectivity index (χ4v) is 2.77. The predicted molar refractivity (Wildman–Crippen MR) is 97.5 cm³/mol. The number of ether oxygens (including phenoxy) is 2. The molecule has 7 nitrogen and oxygen atoms in total. The lowest BCUT2D eigenvalue weighted by Crippen LogP contribution is -2.52. The molecular weight excluding hydrogens is 346 g/mol. The summed E-state index contributed by atoms with van der Waals surface area (Å²) >= 11 is 0. The Kier molecular flexibility index (Phi) is 7.99. The van der Waals surface area contributed by atoms with Gasteiger partial charge in [0, 0.05) is 38.6 Å². The maximum Gasteiger partial charge on any atom is 0.257 e. The van der Waals surface area contributed by atoms with Crippen molar-refractivity contribution < 1.29 is 19.1 Å². The highest BCUT2D eigenvalue weighted by Gasteiger charge is 2.28. The van der Waals surface area contributed by atoms with E-state index >= 15 is 0 Å². The molecule has 25 heavy (non-hydrogen) atoms. The number of para-hydroxylation sites is 1. The first-order valence-corrected chi connectivity index (χ1v) is 8.02. The van der Waals surface area contributed by atoms with Crippen LogP contribution >= 0.6 is 12.4 Å². The Morgan fingerprint density at radius 1 is 1.12 bits per heavy atom. The van der Waals surface area contributed by atoms with Gasteiger partial charge in [-0.1, -0.05) is 13.0 Å². The Bertz CT molecular complexity index is 604. The quantitative estimate of drug-likeness (QED) is 0.834. The minimum absolute atomic E-state index is 0. The van der Waals surface area contributed by atoms with Crippen LogP contribution in [-0.2, 0) is 4.79 Å². The molecule has 1 heterocycles. The fourth-order valence-electron chi connectivity index (χ4n) is 2.77. The molecule has 0 spiro atoms. The number of nitrogens with zero attached hydrogens (tertiary/aromatic N) is 2. The Hall–Kier alpha value is -1.99. The van der Waals surface area contributed by atoms with Gasteiger partial charge < -0.3 is 25.0 Å². The van der Waals surface area contributed by atoms with Crippen LogP contribution in [0.3, 0.4) is 0 Å². The van der Waals surface area contributed by atoms with Crippen molar-refractivity contribution in [3.8, 4) is 11.5 Å². The van der Waals surface area contributed by atoms with Gasteiger partial charge in [-0.2, -0.15) is 0 Å². The van der Waals surface area contributed by atoms with E-state index in [9.17, 15) is 9.59 Å². The monoisotopic (exact) mass is 371 g/mol. The van der Waals surface area contributed by atoms with Gasteiger partial charge in [0.25, 0.3) is 5.91 Å². The molecule has 2 rings (SSSR count). The number of carbonyl (C=O) groups is 2. The molecule has 0 aliphatic carbocycles. The lowest BCUT2D eigenvalue weighted by Gasteiger charge is -2.36. The number of hydrogen-bond donors (Lipinski definition) is 1. The molecule has 1 aromatic carbocycles. The summed E-state index contributed by atoms with van der Waals surface area (Å²) in [5, 5.41) is 0. The van der Waals surface area contributed by atoms with Gasteiger partial charge in [-0.25, -0.2) is 0 Å². The van der Waals surface area contributed by atoms with Crippen molar-refractivity contribution in [3.63, 3.8) is 0 Å². The van der Waals surface area contributed by atoms with E-state index in [4.69, 9.17) is 15.2 Å². The molecule has 1 aliphatic heterocycles. The first-order chi connectivity index (χ1) is 11.5. The zero-order valence-electron chi connectivity index (χ0n) is 14.9. The summed E-state index contributed by atoms with van der Waals surface area (Å²) in [6.07, 6.45) is 0. The molecular formula is C17H26ClN3O4. The van der Waals surface area contributed by atoms with E-state index in [1.54, 1.807) is 28.0 Å². The summed E-state index contributed by atoms with van der Waals surface area (Å²) in [6, 6.07) is 5.23. The number of carbonyl (C=O) groups excluding carboxylic acids is 2. The van der Waals surface area contributed by atoms with Crippen molar-refractivity contribution in [1.29, 1.82) is 0 Å². The number of methoxy groups -OCH3 is 2. The van der Waals surface area contributed by atoms with Crippen LogP contribution in [0.15, 0.2) is 18.2 Å². The van der Waals surface area contributed by atoms with Crippen LogP contribution in [-0.4, -0.2) is 68.6 Å². The van der Waals surface area contributed by atoms with Crippen LogP contribution in [0.1, 0.15) is 17.3 Å². The number of halogens is 1. The normalized spacial score (nSPS) is 15.2. The first kappa shape index (κ1) is 21.1. The van der Waals surface area contributed by atoms with Crippen LogP contribution in [0, 0.1) is 5.92 Å². The van der Waals surface area contributed by atoms with Crippen LogP contribution in [0.4, 0.5) is 0 Å². The van der Waals surface area contributed by atoms with Gasteiger partial charge >= 0.3 is 0 Å². The average Bonchev–Trinajstić information content (AvgIpc) is 2.65. The zero-order chi connectivity index (χ0) is 17.7. The van der Waals surface area contributed by atoms with Crippen molar-refractivity contribution in [2.24, 2.45) is 11.7 Å². The number of rotatable bonds is 5. The third-order valence-electron chi connectivity index (χ3n) is 4.29. The third kappa shape index (κ3) is 4.55. The SMILES string of the molecule is COc1cccc(C(=O)N2CCN(C(=O)C(C)CN)CC2)c1OC.Cl. The number of benzene rings is 1. The Morgan fingerprint density at radius 2 is 1.72 bits per heavy atom. The molecule has 1 aromatic rings. The number of piperazine rings is 1. The molecule has 0 saturated carbocycles. The van der Waals surface area contributed by atoms with Gasteiger partial charge in [0.15, 0.2) is 11.5 Å². The maximum atomic E-state index is 12.8. The van der Waals surface area contributed by atoms with E-state index in [1.807, 2.05) is 6.92 Å². The van der Waals surface area contributed by atoms with E-state index in [0.29, 0.717) is 49.8 Å². The molecule has 0 radical (unpaired) electrons. The van der Waals surface area contributed by atoms with Gasteiger partial charge in [0.1, 0.15) is 0 Å². The standard InChI is InChI=1S/C17H25N3O4.ClH/c1-12(11-18)16(21)19-7-9-20(10-8-19)17(22)13-5-4-6-14(23-2)15(13)24-3;/h4-6,12H,7-11,18H2,1-3H3;1H. The van der Waals surface area contributed by atoms with E-state index < -0.39 is 0 Å². The second-order valence-electron chi connectivity index (χ2n) is 5.80. The number of amides is 2. The minimum atomic E-state index is -0.189. The molecule has 2 N–H and O–H groups in total.